The molecule has 1 amide bonds. The Bertz CT molecular complexity index is 1150. The van der Waals surface area contributed by atoms with Crippen molar-refractivity contribution in [2.75, 3.05) is 5.32 Å². The summed E-state index contributed by atoms with van der Waals surface area (Å²) < 4.78 is 65.9. The molecule has 3 aromatic heterocycles. The number of amides is 1. The molecule has 1 fully saturated rings. The Hall–Kier alpha value is -3.11. The fourth-order valence-electron chi connectivity index (χ4n) is 3.38. The van der Waals surface area contributed by atoms with E-state index in [1.54, 1.807) is 19.1 Å². The van der Waals surface area contributed by atoms with Gasteiger partial charge < -0.3 is 9.88 Å². The third-order valence-electron chi connectivity index (χ3n) is 5.24. The summed E-state index contributed by atoms with van der Waals surface area (Å²) in [5, 5.41) is 2.59. The lowest BCUT2D eigenvalue weighted by atomic mass is 10.2. The van der Waals surface area contributed by atoms with Crippen LogP contribution >= 0.6 is 0 Å². The number of anilines is 1. The highest BCUT2D eigenvalue weighted by Crippen LogP contribution is 2.50. The quantitative estimate of drug-likeness (QED) is 0.595. The molecule has 31 heavy (non-hydrogen) atoms. The number of fused-ring (bicyclic) bond motifs is 1. The van der Waals surface area contributed by atoms with Crippen LogP contribution in [0.5, 0.6) is 0 Å². The average Bonchev–Trinajstić information content (AvgIpc) is 3.15. The van der Waals surface area contributed by atoms with Crippen LogP contribution in [-0.2, 0) is 17.5 Å². The van der Waals surface area contributed by atoms with Gasteiger partial charge in [0.15, 0.2) is 5.69 Å². The van der Waals surface area contributed by atoms with E-state index in [9.17, 15) is 26.7 Å². The standard InChI is InChI=1S/C20H18F5N5O/c1-10-3-15-14(28-18(10)29-17(31)5-12-6-19(12,21)22)4-11(2)30(15)9-13-7-27-16(8-26-13)20(23,24)25/h3-4,7-8,12H,5-6,9H2,1-2H3,(H,28,29,31)/t12-/m1/s1. The van der Waals surface area contributed by atoms with E-state index in [0.717, 1.165) is 11.9 Å². The molecule has 6 nitrogen and oxygen atoms in total. The van der Waals surface area contributed by atoms with E-state index in [2.05, 4.69) is 20.3 Å². The number of rotatable bonds is 5. The van der Waals surface area contributed by atoms with Gasteiger partial charge in [0.2, 0.25) is 5.91 Å². The Labute approximate surface area is 173 Å². The van der Waals surface area contributed by atoms with Crippen molar-refractivity contribution in [3.63, 3.8) is 0 Å². The molecule has 0 saturated heterocycles. The van der Waals surface area contributed by atoms with E-state index in [1.807, 2.05) is 11.5 Å². The lowest BCUT2D eigenvalue weighted by Crippen LogP contribution is -2.15. The van der Waals surface area contributed by atoms with Gasteiger partial charge in [0.25, 0.3) is 5.92 Å². The van der Waals surface area contributed by atoms with Crippen LogP contribution < -0.4 is 5.32 Å². The van der Waals surface area contributed by atoms with Crippen LogP contribution in [0.25, 0.3) is 11.0 Å². The molecule has 0 bridgehead atoms. The van der Waals surface area contributed by atoms with Gasteiger partial charge >= 0.3 is 6.18 Å². The largest absolute Gasteiger partial charge is 0.434 e. The summed E-state index contributed by atoms with van der Waals surface area (Å²) in [6.45, 7) is 3.71. The summed E-state index contributed by atoms with van der Waals surface area (Å²) in [4.78, 5) is 23.8. The van der Waals surface area contributed by atoms with Crippen LogP contribution in [0.15, 0.2) is 24.5 Å². The summed E-state index contributed by atoms with van der Waals surface area (Å²) in [5.41, 5.74) is 1.94. The van der Waals surface area contributed by atoms with E-state index in [-0.39, 0.29) is 25.2 Å². The van der Waals surface area contributed by atoms with E-state index in [0.29, 0.717) is 28.5 Å². The average molecular weight is 439 g/mol. The number of carbonyl (C=O) groups is 1. The van der Waals surface area contributed by atoms with Gasteiger partial charge in [0, 0.05) is 24.5 Å². The topological polar surface area (TPSA) is 72.7 Å². The van der Waals surface area contributed by atoms with Crippen molar-refractivity contribution in [2.24, 2.45) is 5.92 Å². The monoisotopic (exact) mass is 439 g/mol. The Kier molecular flexibility index (Phi) is 4.94. The number of carbonyl (C=O) groups excluding carboxylic acids is 1. The van der Waals surface area contributed by atoms with Gasteiger partial charge in [-0.3, -0.25) is 9.78 Å². The number of aryl methyl sites for hydroxylation is 2. The summed E-state index contributed by atoms with van der Waals surface area (Å²) in [6, 6.07) is 3.53. The summed E-state index contributed by atoms with van der Waals surface area (Å²) in [5.74, 6) is -3.93. The number of aromatic nitrogens is 4. The zero-order chi connectivity index (χ0) is 22.6. The van der Waals surface area contributed by atoms with Crippen LogP contribution in [0.2, 0.25) is 0 Å². The normalized spacial score (nSPS) is 17.7. The van der Waals surface area contributed by atoms with Crippen molar-refractivity contribution in [3.05, 3.63) is 47.2 Å². The summed E-state index contributed by atoms with van der Waals surface area (Å²) in [6.07, 6.45) is -3.33. The lowest BCUT2D eigenvalue weighted by Gasteiger charge is -2.11. The predicted octanol–water partition coefficient (Wildman–Crippen LogP) is 4.49. The molecule has 1 N–H and O–H groups in total. The van der Waals surface area contributed by atoms with Gasteiger partial charge in [0.1, 0.15) is 5.82 Å². The van der Waals surface area contributed by atoms with Crippen molar-refractivity contribution in [1.82, 2.24) is 19.5 Å². The molecule has 0 spiro atoms. The van der Waals surface area contributed by atoms with Gasteiger partial charge in [-0.15, -0.1) is 0 Å². The van der Waals surface area contributed by atoms with Gasteiger partial charge in [-0.05, 0) is 31.5 Å². The molecule has 4 rings (SSSR count). The maximum Gasteiger partial charge on any atom is 0.434 e. The Morgan fingerprint density at radius 3 is 2.52 bits per heavy atom. The molecular formula is C20H18F5N5O. The molecule has 3 heterocycles. The van der Waals surface area contributed by atoms with E-state index >= 15 is 0 Å². The number of nitrogens with zero attached hydrogens (tertiary/aromatic N) is 4. The fraction of sp³-hybridized carbons (Fsp3) is 0.400. The van der Waals surface area contributed by atoms with Crippen LogP contribution in [0.1, 0.15) is 35.5 Å². The number of hydrogen-bond acceptors (Lipinski definition) is 4. The van der Waals surface area contributed by atoms with E-state index in [4.69, 9.17) is 0 Å². The zero-order valence-electron chi connectivity index (χ0n) is 16.6. The first-order valence-electron chi connectivity index (χ1n) is 9.47. The first-order chi connectivity index (χ1) is 14.4. The van der Waals surface area contributed by atoms with E-state index in [1.165, 1.54) is 0 Å². The molecule has 3 aromatic rings. The molecule has 1 aliphatic carbocycles. The first kappa shape index (κ1) is 21.1. The molecule has 164 valence electrons. The van der Waals surface area contributed by atoms with Crippen LogP contribution in [0.3, 0.4) is 0 Å². The molecule has 0 radical (unpaired) electrons. The minimum atomic E-state index is -4.56. The van der Waals surface area contributed by atoms with Crippen molar-refractivity contribution < 1.29 is 26.7 Å². The third kappa shape index (κ3) is 4.35. The molecule has 0 unspecified atom stereocenters. The van der Waals surface area contributed by atoms with Crippen LogP contribution in [0, 0.1) is 19.8 Å². The van der Waals surface area contributed by atoms with Crippen molar-refractivity contribution in [3.8, 4) is 0 Å². The van der Waals surface area contributed by atoms with Gasteiger partial charge in [-0.25, -0.2) is 18.7 Å². The predicted molar refractivity (Wildman–Crippen MR) is 102 cm³/mol. The second-order valence-corrected chi connectivity index (χ2v) is 7.74. The second kappa shape index (κ2) is 7.24. The van der Waals surface area contributed by atoms with Crippen LogP contribution in [0.4, 0.5) is 27.8 Å². The summed E-state index contributed by atoms with van der Waals surface area (Å²) >= 11 is 0. The number of nitrogens with one attached hydrogen (secondary N) is 1. The van der Waals surface area contributed by atoms with Crippen molar-refractivity contribution in [1.29, 1.82) is 0 Å². The lowest BCUT2D eigenvalue weighted by molar-refractivity contribution is -0.141. The number of pyridine rings is 1. The molecule has 0 aromatic carbocycles. The Morgan fingerprint density at radius 1 is 1.23 bits per heavy atom. The maximum absolute atomic E-state index is 13.0. The minimum Gasteiger partial charge on any atom is -0.337 e. The SMILES string of the molecule is Cc1cc2c(cc(C)n2Cc2cnc(C(F)(F)F)cn2)nc1NC(=O)C[C@@H]1CC1(F)F. The molecule has 1 aliphatic rings. The number of hydrogen-bond donors (Lipinski definition) is 1. The molecule has 11 heteroatoms. The molecule has 1 saturated carbocycles. The third-order valence-corrected chi connectivity index (χ3v) is 5.24. The van der Waals surface area contributed by atoms with E-state index < -0.39 is 29.6 Å². The Balaban J connectivity index is 1.55. The second-order valence-electron chi connectivity index (χ2n) is 7.74. The Morgan fingerprint density at radius 2 is 1.94 bits per heavy atom. The highest BCUT2D eigenvalue weighted by atomic mass is 19.4. The van der Waals surface area contributed by atoms with Gasteiger partial charge in [0.05, 0.1) is 35.7 Å². The van der Waals surface area contributed by atoms with Crippen LogP contribution in [-0.4, -0.2) is 31.3 Å². The van der Waals surface area contributed by atoms with Gasteiger partial charge in [-0.1, -0.05) is 0 Å². The maximum atomic E-state index is 13.0. The summed E-state index contributed by atoms with van der Waals surface area (Å²) in [7, 11) is 0. The van der Waals surface area contributed by atoms with Crippen molar-refractivity contribution >= 4 is 22.8 Å². The molecule has 0 aliphatic heterocycles. The first-order valence-corrected chi connectivity index (χ1v) is 9.47. The highest BCUT2D eigenvalue weighted by molar-refractivity contribution is 5.92. The smallest absolute Gasteiger partial charge is 0.337 e. The molecule has 1 atom stereocenters. The fourth-order valence-corrected chi connectivity index (χ4v) is 3.38. The zero-order valence-corrected chi connectivity index (χ0v) is 16.6. The number of alkyl halides is 5. The highest BCUT2D eigenvalue weighted by Gasteiger charge is 2.57. The molecular weight excluding hydrogens is 421 g/mol. The van der Waals surface area contributed by atoms with Gasteiger partial charge in [-0.2, -0.15) is 13.2 Å². The minimum absolute atomic E-state index is 0.185. The number of halogens is 5. The van der Waals surface area contributed by atoms with Crippen molar-refractivity contribution in [2.45, 2.75) is 45.3 Å².